The van der Waals surface area contributed by atoms with Crippen LogP contribution in [-0.2, 0) is 4.79 Å². The first-order valence-corrected chi connectivity index (χ1v) is 8.93. The molecule has 1 amide bonds. The fourth-order valence-corrected chi connectivity index (χ4v) is 3.54. The third kappa shape index (κ3) is 4.64. The molecule has 0 aliphatic carbocycles. The number of likely N-dealkylation sites (tertiary alicyclic amines) is 1. The standard InChI is InChI=1S/C17H28N6O/c1-21-9-2-4-15(21)5-8-18-16(24)14-22-10-12-23(13-11-22)17-19-6-3-7-20-17/h3,6-7,15H,2,4-5,8-14H2,1H3,(H,18,24). The molecule has 3 heterocycles. The van der Waals surface area contributed by atoms with Crippen LogP contribution in [0.1, 0.15) is 19.3 Å². The summed E-state index contributed by atoms with van der Waals surface area (Å²) in [4.78, 5) is 27.5. The average molecular weight is 332 g/mol. The topological polar surface area (TPSA) is 64.6 Å². The van der Waals surface area contributed by atoms with Crippen LogP contribution in [0, 0.1) is 0 Å². The zero-order valence-electron chi connectivity index (χ0n) is 14.5. The number of hydrogen-bond donors (Lipinski definition) is 1. The van der Waals surface area contributed by atoms with Crippen LogP contribution in [0.15, 0.2) is 18.5 Å². The number of anilines is 1. The van der Waals surface area contributed by atoms with Gasteiger partial charge in [-0.15, -0.1) is 0 Å². The number of nitrogens with one attached hydrogen (secondary N) is 1. The maximum atomic E-state index is 12.1. The highest BCUT2D eigenvalue weighted by atomic mass is 16.2. The van der Waals surface area contributed by atoms with E-state index in [1.807, 2.05) is 6.07 Å². The van der Waals surface area contributed by atoms with Gasteiger partial charge in [-0.1, -0.05) is 0 Å². The average Bonchev–Trinajstić information content (AvgIpc) is 3.01. The summed E-state index contributed by atoms with van der Waals surface area (Å²) in [5.41, 5.74) is 0. The molecule has 7 heteroatoms. The first-order chi connectivity index (χ1) is 11.7. The van der Waals surface area contributed by atoms with Crippen LogP contribution in [0.5, 0.6) is 0 Å². The van der Waals surface area contributed by atoms with Gasteiger partial charge < -0.3 is 15.1 Å². The summed E-state index contributed by atoms with van der Waals surface area (Å²) < 4.78 is 0. The first-order valence-electron chi connectivity index (χ1n) is 8.93. The van der Waals surface area contributed by atoms with Crippen LogP contribution in [0.3, 0.4) is 0 Å². The summed E-state index contributed by atoms with van der Waals surface area (Å²) in [6, 6.07) is 2.47. The fourth-order valence-electron chi connectivity index (χ4n) is 3.54. The molecular weight excluding hydrogens is 304 g/mol. The molecule has 1 atom stereocenters. The normalized spacial score (nSPS) is 22.7. The summed E-state index contributed by atoms with van der Waals surface area (Å²) in [6.45, 7) is 5.94. The van der Waals surface area contributed by atoms with E-state index in [9.17, 15) is 4.79 Å². The summed E-state index contributed by atoms with van der Waals surface area (Å²) in [5, 5.41) is 3.07. The number of amides is 1. The van der Waals surface area contributed by atoms with Crippen molar-refractivity contribution < 1.29 is 4.79 Å². The SMILES string of the molecule is CN1CCCC1CCNC(=O)CN1CCN(c2ncccn2)CC1. The summed E-state index contributed by atoms with van der Waals surface area (Å²) in [6.07, 6.45) is 7.13. The van der Waals surface area contributed by atoms with Gasteiger partial charge in [-0.2, -0.15) is 0 Å². The Bertz CT molecular complexity index is 517. The van der Waals surface area contributed by atoms with Crippen molar-refractivity contribution in [3.63, 3.8) is 0 Å². The van der Waals surface area contributed by atoms with Gasteiger partial charge in [-0.25, -0.2) is 9.97 Å². The number of nitrogens with zero attached hydrogens (tertiary/aromatic N) is 5. The molecule has 1 N–H and O–H groups in total. The third-order valence-corrected chi connectivity index (χ3v) is 5.05. The van der Waals surface area contributed by atoms with E-state index in [4.69, 9.17) is 0 Å². The fraction of sp³-hybridized carbons (Fsp3) is 0.706. The van der Waals surface area contributed by atoms with Gasteiger partial charge in [0.15, 0.2) is 0 Å². The van der Waals surface area contributed by atoms with Crippen molar-refractivity contribution in [1.82, 2.24) is 25.1 Å². The van der Waals surface area contributed by atoms with Crippen molar-refractivity contribution in [2.45, 2.75) is 25.3 Å². The van der Waals surface area contributed by atoms with Crippen molar-refractivity contribution in [2.24, 2.45) is 0 Å². The lowest BCUT2D eigenvalue weighted by Gasteiger charge is -2.34. The quantitative estimate of drug-likeness (QED) is 0.803. The van der Waals surface area contributed by atoms with Crippen LogP contribution in [0.25, 0.3) is 0 Å². The van der Waals surface area contributed by atoms with Crippen LogP contribution in [-0.4, -0.2) is 84.6 Å². The Morgan fingerprint density at radius 2 is 1.96 bits per heavy atom. The molecule has 0 aromatic carbocycles. The second-order valence-electron chi connectivity index (χ2n) is 6.73. The van der Waals surface area contributed by atoms with Crippen molar-refractivity contribution in [3.05, 3.63) is 18.5 Å². The largest absolute Gasteiger partial charge is 0.355 e. The minimum absolute atomic E-state index is 0.139. The number of piperazine rings is 1. The number of carbonyl (C=O) groups excluding carboxylic acids is 1. The Hall–Kier alpha value is -1.73. The van der Waals surface area contributed by atoms with Crippen molar-refractivity contribution in [3.8, 4) is 0 Å². The maximum absolute atomic E-state index is 12.1. The van der Waals surface area contributed by atoms with Gasteiger partial charge in [0.1, 0.15) is 0 Å². The molecule has 1 aromatic heterocycles. The van der Waals surface area contributed by atoms with E-state index in [1.54, 1.807) is 12.4 Å². The van der Waals surface area contributed by atoms with Gasteiger partial charge in [-0.3, -0.25) is 9.69 Å². The highest BCUT2D eigenvalue weighted by Crippen LogP contribution is 2.17. The highest BCUT2D eigenvalue weighted by molar-refractivity contribution is 5.78. The lowest BCUT2D eigenvalue weighted by Crippen LogP contribution is -2.50. The molecule has 0 saturated carbocycles. The van der Waals surface area contributed by atoms with Gasteiger partial charge >= 0.3 is 0 Å². The number of carbonyl (C=O) groups is 1. The molecule has 24 heavy (non-hydrogen) atoms. The van der Waals surface area contributed by atoms with Gasteiger partial charge in [-0.05, 0) is 38.9 Å². The van der Waals surface area contributed by atoms with Gasteiger partial charge in [0.25, 0.3) is 0 Å². The summed E-state index contributed by atoms with van der Waals surface area (Å²) >= 11 is 0. The van der Waals surface area contributed by atoms with Crippen molar-refractivity contribution in [2.75, 3.05) is 57.8 Å². The van der Waals surface area contributed by atoms with Gasteiger partial charge in [0.05, 0.1) is 6.54 Å². The molecule has 1 aromatic rings. The molecule has 2 fully saturated rings. The minimum Gasteiger partial charge on any atom is -0.355 e. The molecule has 1 unspecified atom stereocenters. The molecule has 0 bridgehead atoms. The maximum Gasteiger partial charge on any atom is 0.234 e. The van der Waals surface area contributed by atoms with Crippen molar-refractivity contribution in [1.29, 1.82) is 0 Å². The number of hydrogen-bond acceptors (Lipinski definition) is 6. The summed E-state index contributed by atoms with van der Waals surface area (Å²) in [5.74, 6) is 0.919. The smallest absolute Gasteiger partial charge is 0.234 e. The van der Waals surface area contributed by atoms with E-state index in [-0.39, 0.29) is 5.91 Å². The molecule has 2 aliphatic heterocycles. The van der Waals surface area contributed by atoms with E-state index in [2.05, 4.69) is 37.0 Å². The van der Waals surface area contributed by atoms with Crippen LogP contribution < -0.4 is 10.2 Å². The monoisotopic (exact) mass is 332 g/mol. The molecule has 0 spiro atoms. The first kappa shape index (κ1) is 17.1. The highest BCUT2D eigenvalue weighted by Gasteiger charge is 2.22. The molecule has 3 rings (SSSR count). The van der Waals surface area contributed by atoms with Crippen molar-refractivity contribution >= 4 is 11.9 Å². The van der Waals surface area contributed by atoms with E-state index >= 15 is 0 Å². The Labute approximate surface area is 144 Å². The molecule has 7 nitrogen and oxygen atoms in total. The molecular formula is C17H28N6O. The Balaban J connectivity index is 1.33. The minimum atomic E-state index is 0.139. The Morgan fingerprint density at radius 3 is 2.62 bits per heavy atom. The number of aromatic nitrogens is 2. The van der Waals surface area contributed by atoms with E-state index in [1.165, 1.54) is 19.4 Å². The van der Waals surface area contributed by atoms with Gasteiger partial charge in [0.2, 0.25) is 11.9 Å². The predicted octanol–water partition coefficient (Wildman–Crippen LogP) is 0.199. The Kier molecular flexibility index (Phi) is 5.98. The Morgan fingerprint density at radius 1 is 1.21 bits per heavy atom. The van der Waals surface area contributed by atoms with E-state index in [0.717, 1.165) is 45.1 Å². The van der Waals surface area contributed by atoms with Crippen LogP contribution in [0.2, 0.25) is 0 Å². The number of rotatable bonds is 6. The zero-order valence-corrected chi connectivity index (χ0v) is 14.5. The zero-order chi connectivity index (χ0) is 16.8. The summed E-state index contributed by atoms with van der Waals surface area (Å²) in [7, 11) is 2.18. The van der Waals surface area contributed by atoms with Crippen LogP contribution in [0.4, 0.5) is 5.95 Å². The molecule has 0 radical (unpaired) electrons. The molecule has 2 aliphatic rings. The van der Waals surface area contributed by atoms with E-state index < -0.39 is 0 Å². The van der Waals surface area contributed by atoms with E-state index in [0.29, 0.717) is 12.6 Å². The predicted molar refractivity (Wildman–Crippen MR) is 94.0 cm³/mol. The lowest BCUT2D eigenvalue weighted by molar-refractivity contribution is -0.122. The third-order valence-electron chi connectivity index (χ3n) is 5.05. The second-order valence-corrected chi connectivity index (χ2v) is 6.73. The van der Waals surface area contributed by atoms with Crippen LogP contribution >= 0.6 is 0 Å². The molecule has 2 saturated heterocycles. The molecule has 132 valence electrons. The second kappa shape index (κ2) is 8.39. The van der Waals surface area contributed by atoms with Gasteiger partial charge in [0, 0.05) is 51.2 Å². The lowest BCUT2D eigenvalue weighted by atomic mass is 10.1.